The number of aryl methyl sites for hydroxylation is 2. The molecule has 6 heteroatoms. The number of nitrogens with zero attached hydrogens (tertiary/aromatic N) is 2. The number of carbonyl (C=O) groups excluding carboxylic acids is 2. The monoisotopic (exact) mass is 644 g/mol. The largest absolute Gasteiger partial charge is 0.354 e. The molecule has 1 aliphatic heterocycles. The van der Waals surface area contributed by atoms with Crippen molar-refractivity contribution < 1.29 is 9.59 Å². The average Bonchev–Trinajstić information content (AvgIpc) is 3.74. The summed E-state index contributed by atoms with van der Waals surface area (Å²) in [5, 5.41) is 6.55. The van der Waals surface area contributed by atoms with Gasteiger partial charge in [-0.15, -0.1) is 0 Å². The summed E-state index contributed by atoms with van der Waals surface area (Å²) < 4.78 is 2.30. The predicted octanol–water partition coefficient (Wildman–Crippen LogP) is 9.87. The Kier molecular flexibility index (Phi) is 7.59. The van der Waals surface area contributed by atoms with Gasteiger partial charge in [-0.05, 0) is 73.7 Å². The van der Waals surface area contributed by atoms with Crippen LogP contribution in [0.1, 0.15) is 60.3 Å². The molecule has 0 aliphatic carbocycles. The molecule has 2 N–H and O–H groups in total. The molecule has 6 nitrogen and oxygen atoms in total. The van der Waals surface area contributed by atoms with Gasteiger partial charge in [-0.25, -0.2) is 0 Å². The van der Waals surface area contributed by atoms with Crippen molar-refractivity contribution in [2.75, 3.05) is 5.32 Å². The van der Waals surface area contributed by atoms with Crippen molar-refractivity contribution in [3.63, 3.8) is 0 Å². The van der Waals surface area contributed by atoms with Gasteiger partial charge in [0, 0.05) is 56.1 Å². The smallest absolute Gasteiger partial charge is 0.255 e. The van der Waals surface area contributed by atoms with Crippen LogP contribution in [0.15, 0.2) is 115 Å². The first-order valence-corrected chi connectivity index (χ1v) is 17.2. The van der Waals surface area contributed by atoms with Gasteiger partial charge >= 0.3 is 0 Å². The topological polar surface area (TPSA) is 70.1 Å². The van der Waals surface area contributed by atoms with Crippen molar-refractivity contribution in [1.29, 1.82) is 0 Å². The first-order valence-electron chi connectivity index (χ1n) is 17.2. The molecule has 8 rings (SSSR count). The van der Waals surface area contributed by atoms with Crippen LogP contribution in [0, 0.1) is 12.8 Å². The van der Waals surface area contributed by atoms with Crippen LogP contribution in [0.5, 0.6) is 0 Å². The summed E-state index contributed by atoms with van der Waals surface area (Å²) in [6, 6.07) is 37.9. The molecular weight excluding hydrogens is 604 g/mol. The molecule has 7 aromatic rings. The molecule has 2 unspecified atom stereocenters. The van der Waals surface area contributed by atoms with Crippen LogP contribution in [0.4, 0.5) is 5.69 Å². The van der Waals surface area contributed by atoms with Crippen LogP contribution in [0.25, 0.3) is 44.0 Å². The summed E-state index contributed by atoms with van der Waals surface area (Å²) in [5.74, 6) is -0.143. The van der Waals surface area contributed by atoms with Crippen LogP contribution in [-0.4, -0.2) is 32.3 Å². The van der Waals surface area contributed by atoms with E-state index in [0.29, 0.717) is 12.0 Å². The Labute approximate surface area is 286 Å². The number of aromatic nitrogens is 2. The SMILES string of the molecule is CCn1c2ccccc2c2cc(NC(=O)C(CC(C)C)N3C(=O)c4ccccc4C3c3c(-c4ccc(C)cc4)[nH]c4ccccc34)ccc21. The quantitative estimate of drug-likeness (QED) is 0.173. The van der Waals surface area contributed by atoms with Crippen LogP contribution >= 0.6 is 0 Å². The molecule has 1 aliphatic rings. The number of rotatable bonds is 8. The van der Waals surface area contributed by atoms with E-state index in [2.05, 4.69) is 115 Å². The highest BCUT2D eigenvalue weighted by Crippen LogP contribution is 2.47. The van der Waals surface area contributed by atoms with Crippen molar-refractivity contribution in [2.24, 2.45) is 5.92 Å². The molecule has 0 radical (unpaired) electrons. The van der Waals surface area contributed by atoms with E-state index in [0.717, 1.165) is 61.8 Å². The number of benzene rings is 5. The lowest BCUT2D eigenvalue weighted by Gasteiger charge is -2.34. The van der Waals surface area contributed by atoms with Gasteiger partial charge in [-0.3, -0.25) is 9.59 Å². The second-order valence-corrected chi connectivity index (χ2v) is 13.7. The van der Waals surface area contributed by atoms with Crippen LogP contribution in [0.3, 0.4) is 0 Å². The minimum atomic E-state index is -0.711. The minimum Gasteiger partial charge on any atom is -0.354 e. The summed E-state index contributed by atoms with van der Waals surface area (Å²) in [6.07, 6.45) is 0.516. The van der Waals surface area contributed by atoms with Crippen molar-refractivity contribution in [3.05, 3.63) is 138 Å². The normalized spacial score (nSPS) is 15.1. The van der Waals surface area contributed by atoms with Crippen molar-refractivity contribution in [2.45, 2.75) is 52.7 Å². The van der Waals surface area contributed by atoms with Gasteiger partial charge < -0.3 is 19.8 Å². The van der Waals surface area contributed by atoms with E-state index in [4.69, 9.17) is 0 Å². The Hall–Kier alpha value is -5.62. The zero-order valence-corrected chi connectivity index (χ0v) is 28.3. The van der Waals surface area contributed by atoms with E-state index in [-0.39, 0.29) is 17.7 Å². The van der Waals surface area contributed by atoms with E-state index in [9.17, 15) is 9.59 Å². The Morgan fingerprint density at radius 2 is 1.51 bits per heavy atom. The molecule has 0 saturated carbocycles. The van der Waals surface area contributed by atoms with Gasteiger partial charge in [0.05, 0.1) is 11.7 Å². The number of carbonyl (C=O) groups is 2. The van der Waals surface area contributed by atoms with Crippen LogP contribution in [-0.2, 0) is 11.3 Å². The molecule has 2 aromatic heterocycles. The third kappa shape index (κ3) is 5.10. The third-order valence-corrected chi connectivity index (χ3v) is 10.0. The first kappa shape index (κ1) is 30.7. The number of hydrogen-bond donors (Lipinski definition) is 2. The summed E-state index contributed by atoms with van der Waals surface area (Å²) in [6.45, 7) is 9.30. The number of hydrogen-bond acceptors (Lipinski definition) is 2. The summed E-state index contributed by atoms with van der Waals surface area (Å²) in [4.78, 5) is 34.8. The molecule has 0 bridgehead atoms. The lowest BCUT2D eigenvalue weighted by atomic mass is 9.91. The average molecular weight is 645 g/mol. The molecule has 0 fully saturated rings. The Balaban J connectivity index is 1.26. The fourth-order valence-corrected chi connectivity index (χ4v) is 7.84. The third-order valence-electron chi connectivity index (χ3n) is 10.0. The van der Waals surface area contributed by atoms with Gasteiger partial charge in [0.1, 0.15) is 6.04 Å². The summed E-state index contributed by atoms with van der Waals surface area (Å²) in [7, 11) is 0. The number of fused-ring (bicyclic) bond motifs is 5. The minimum absolute atomic E-state index is 0.122. The fraction of sp³-hybridized carbons (Fsp3) is 0.209. The Morgan fingerprint density at radius 3 is 2.29 bits per heavy atom. The number of anilines is 1. The lowest BCUT2D eigenvalue weighted by Crippen LogP contribution is -2.47. The van der Waals surface area contributed by atoms with Crippen molar-refractivity contribution in [1.82, 2.24) is 14.5 Å². The number of H-pyrrole nitrogens is 1. The molecule has 2 atom stereocenters. The van der Waals surface area contributed by atoms with Crippen LogP contribution in [0.2, 0.25) is 0 Å². The number of para-hydroxylation sites is 2. The van der Waals surface area contributed by atoms with Crippen molar-refractivity contribution >= 4 is 50.2 Å². The van der Waals surface area contributed by atoms with E-state index in [1.165, 1.54) is 11.1 Å². The van der Waals surface area contributed by atoms with E-state index in [1.807, 2.05) is 47.4 Å². The molecule has 2 amide bonds. The van der Waals surface area contributed by atoms with Gasteiger partial charge in [0.15, 0.2) is 0 Å². The number of amides is 2. The molecule has 0 spiro atoms. The molecule has 49 heavy (non-hydrogen) atoms. The maximum absolute atomic E-state index is 14.6. The van der Waals surface area contributed by atoms with Crippen molar-refractivity contribution in [3.8, 4) is 11.3 Å². The van der Waals surface area contributed by atoms with Gasteiger partial charge in [0.25, 0.3) is 5.91 Å². The second kappa shape index (κ2) is 12.1. The highest BCUT2D eigenvalue weighted by molar-refractivity contribution is 6.11. The number of aromatic amines is 1. The maximum Gasteiger partial charge on any atom is 0.255 e. The van der Waals surface area contributed by atoms with E-state index < -0.39 is 12.1 Å². The van der Waals surface area contributed by atoms with Gasteiger partial charge in [-0.1, -0.05) is 98.3 Å². The molecule has 5 aromatic carbocycles. The molecule has 3 heterocycles. The molecular formula is C43H40N4O2. The molecule has 244 valence electrons. The Morgan fingerprint density at radius 1 is 0.816 bits per heavy atom. The highest BCUT2D eigenvalue weighted by atomic mass is 16.2. The lowest BCUT2D eigenvalue weighted by molar-refractivity contribution is -0.121. The predicted molar refractivity (Wildman–Crippen MR) is 200 cm³/mol. The summed E-state index contributed by atoms with van der Waals surface area (Å²) in [5.41, 5.74) is 9.77. The number of nitrogens with one attached hydrogen (secondary N) is 2. The highest BCUT2D eigenvalue weighted by Gasteiger charge is 2.45. The molecule has 0 saturated heterocycles. The summed E-state index contributed by atoms with van der Waals surface area (Å²) >= 11 is 0. The maximum atomic E-state index is 14.6. The Bertz CT molecular complexity index is 2380. The fourth-order valence-electron chi connectivity index (χ4n) is 7.84. The van der Waals surface area contributed by atoms with Gasteiger partial charge in [0.2, 0.25) is 5.91 Å². The zero-order chi connectivity index (χ0) is 33.8. The van der Waals surface area contributed by atoms with E-state index >= 15 is 0 Å². The standard InChI is InChI=1S/C43H40N4O2/c1-5-46-36-17-11-9-12-30(36)34-25-29(22-23-37(34)46)44-42(48)38(24-26(2)3)47-41(31-13-6-7-14-32(31)43(47)49)39-33-15-8-10-16-35(33)45-40(39)28-20-18-27(4)19-21-28/h6-23,25-26,38,41,45H,5,24H2,1-4H3,(H,44,48). The van der Waals surface area contributed by atoms with Crippen LogP contribution < -0.4 is 5.32 Å². The first-order chi connectivity index (χ1) is 23.8. The van der Waals surface area contributed by atoms with E-state index in [1.54, 1.807) is 0 Å². The van der Waals surface area contributed by atoms with Gasteiger partial charge in [-0.2, -0.15) is 0 Å². The second-order valence-electron chi connectivity index (χ2n) is 13.7. The zero-order valence-electron chi connectivity index (χ0n) is 28.3.